The molecule has 1 saturated carbocycles. The van der Waals surface area contributed by atoms with Gasteiger partial charge in [-0.2, -0.15) is 9.78 Å². The Morgan fingerprint density at radius 1 is 1.33 bits per heavy atom. The summed E-state index contributed by atoms with van der Waals surface area (Å²) in [7, 11) is 0. The number of hydrogen-bond acceptors (Lipinski definition) is 4. The maximum absolute atomic E-state index is 12.3. The van der Waals surface area contributed by atoms with Gasteiger partial charge in [-0.25, -0.2) is 0 Å². The molecule has 0 saturated heterocycles. The summed E-state index contributed by atoms with van der Waals surface area (Å²) in [5.41, 5.74) is 0.0497. The second kappa shape index (κ2) is 5.50. The lowest BCUT2D eigenvalue weighted by Gasteiger charge is -2.36. The molecule has 2 aromatic rings. The fourth-order valence-electron chi connectivity index (χ4n) is 2.33. The number of aliphatic hydroxyl groups is 1. The van der Waals surface area contributed by atoms with E-state index in [1.54, 1.807) is 12.1 Å². The molecule has 1 fully saturated rings. The van der Waals surface area contributed by atoms with Crippen molar-refractivity contribution in [3.63, 3.8) is 0 Å². The van der Waals surface area contributed by atoms with Crippen molar-refractivity contribution in [2.75, 3.05) is 11.9 Å². The van der Waals surface area contributed by atoms with E-state index in [1.807, 2.05) is 18.2 Å². The molecule has 6 heteroatoms. The van der Waals surface area contributed by atoms with E-state index in [9.17, 15) is 9.90 Å². The molecule has 110 valence electrons. The van der Waals surface area contributed by atoms with Crippen LogP contribution < -0.4 is 10.9 Å². The molecule has 0 unspecified atom stereocenters. The maximum Gasteiger partial charge on any atom is 0.292 e. The highest BCUT2D eigenvalue weighted by atomic mass is 35.5. The Morgan fingerprint density at radius 2 is 2.05 bits per heavy atom. The SMILES string of the molecule is O=c1c(Cl)c(NCC2(O)CCC2)cnn1-c1ccccc1. The van der Waals surface area contributed by atoms with Crippen LogP contribution >= 0.6 is 11.6 Å². The molecular formula is C15H16ClN3O2. The second-order valence-corrected chi connectivity index (χ2v) is 5.73. The molecule has 21 heavy (non-hydrogen) atoms. The Balaban J connectivity index is 1.85. The Morgan fingerprint density at radius 3 is 2.67 bits per heavy atom. The van der Waals surface area contributed by atoms with E-state index in [1.165, 1.54) is 10.9 Å². The number of halogens is 1. The lowest BCUT2D eigenvalue weighted by Crippen LogP contribution is -2.43. The van der Waals surface area contributed by atoms with E-state index in [4.69, 9.17) is 11.6 Å². The lowest BCUT2D eigenvalue weighted by molar-refractivity contribution is -0.0202. The molecule has 2 N–H and O–H groups in total. The number of hydrogen-bond donors (Lipinski definition) is 2. The van der Waals surface area contributed by atoms with Crippen molar-refractivity contribution >= 4 is 17.3 Å². The number of rotatable bonds is 4. The first-order valence-corrected chi connectivity index (χ1v) is 7.26. The third-order valence-electron chi connectivity index (χ3n) is 3.81. The highest BCUT2D eigenvalue weighted by Gasteiger charge is 2.34. The molecule has 0 aliphatic heterocycles. The van der Waals surface area contributed by atoms with Crippen molar-refractivity contribution in [2.45, 2.75) is 24.9 Å². The van der Waals surface area contributed by atoms with Crippen LogP contribution in [-0.2, 0) is 0 Å². The molecule has 1 heterocycles. The molecule has 1 aromatic carbocycles. The zero-order valence-corrected chi connectivity index (χ0v) is 12.2. The summed E-state index contributed by atoms with van der Waals surface area (Å²) in [5, 5.41) is 17.3. The van der Waals surface area contributed by atoms with Gasteiger partial charge in [-0.05, 0) is 31.4 Å². The predicted molar refractivity (Wildman–Crippen MR) is 82.1 cm³/mol. The monoisotopic (exact) mass is 305 g/mol. The fraction of sp³-hybridized carbons (Fsp3) is 0.333. The highest BCUT2D eigenvalue weighted by Crippen LogP contribution is 2.32. The summed E-state index contributed by atoms with van der Waals surface area (Å²) in [5.74, 6) is 0. The number of nitrogens with zero attached hydrogens (tertiary/aromatic N) is 2. The van der Waals surface area contributed by atoms with Gasteiger partial charge in [0.25, 0.3) is 5.56 Å². The minimum Gasteiger partial charge on any atom is -0.388 e. The van der Waals surface area contributed by atoms with Crippen molar-refractivity contribution in [1.29, 1.82) is 0 Å². The van der Waals surface area contributed by atoms with Crippen LogP contribution in [-0.4, -0.2) is 27.0 Å². The van der Waals surface area contributed by atoms with Crippen molar-refractivity contribution in [1.82, 2.24) is 9.78 Å². The number of aromatic nitrogens is 2. The summed E-state index contributed by atoms with van der Waals surface area (Å²) in [4.78, 5) is 12.3. The summed E-state index contributed by atoms with van der Waals surface area (Å²) < 4.78 is 1.26. The average Bonchev–Trinajstić information content (AvgIpc) is 2.48. The molecule has 0 amide bonds. The number of nitrogens with one attached hydrogen (secondary N) is 1. The van der Waals surface area contributed by atoms with Crippen LogP contribution in [0, 0.1) is 0 Å². The second-order valence-electron chi connectivity index (χ2n) is 5.36. The van der Waals surface area contributed by atoms with E-state index in [2.05, 4.69) is 10.4 Å². The van der Waals surface area contributed by atoms with E-state index >= 15 is 0 Å². The Bertz CT molecular complexity index is 696. The standard InChI is InChI=1S/C15H16ClN3O2/c16-13-12(17-10-15(21)7-4-8-15)9-18-19(14(13)20)11-5-2-1-3-6-11/h1-3,5-6,9,17,21H,4,7-8,10H2. The largest absolute Gasteiger partial charge is 0.388 e. The van der Waals surface area contributed by atoms with Crippen molar-refractivity contribution in [3.8, 4) is 5.69 Å². The summed E-state index contributed by atoms with van der Waals surface area (Å²) in [6.45, 7) is 0.378. The molecule has 1 aliphatic rings. The third kappa shape index (κ3) is 2.80. The normalized spacial score (nSPS) is 16.3. The number of para-hydroxylation sites is 1. The molecule has 3 rings (SSSR count). The maximum atomic E-state index is 12.3. The fourth-order valence-corrected chi connectivity index (χ4v) is 2.53. The topological polar surface area (TPSA) is 67.2 Å². The molecular weight excluding hydrogens is 290 g/mol. The molecule has 0 spiro atoms. The third-order valence-corrected chi connectivity index (χ3v) is 4.18. The van der Waals surface area contributed by atoms with E-state index in [-0.39, 0.29) is 10.6 Å². The summed E-state index contributed by atoms with van der Waals surface area (Å²) in [6, 6.07) is 9.10. The molecule has 0 radical (unpaired) electrons. The first kappa shape index (κ1) is 14.1. The van der Waals surface area contributed by atoms with Crippen molar-refractivity contribution < 1.29 is 5.11 Å². The molecule has 0 bridgehead atoms. The average molecular weight is 306 g/mol. The molecule has 5 nitrogen and oxygen atoms in total. The number of benzene rings is 1. The van der Waals surface area contributed by atoms with Crippen LogP contribution in [0.1, 0.15) is 19.3 Å². The zero-order chi connectivity index (χ0) is 14.9. The lowest BCUT2D eigenvalue weighted by atomic mass is 9.80. The minimum absolute atomic E-state index is 0.0803. The van der Waals surface area contributed by atoms with Gasteiger partial charge in [0.2, 0.25) is 0 Å². The van der Waals surface area contributed by atoms with Crippen LogP contribution in [0.15, 0.2) is 41.3 Å². The Hall–Kier alpha value is -1.85. The minimum atomic E-state index is -0.683. The molecule has 0 atom stereocenters. The highest BCUT2D eigenvalue weighted by molar-refractivity contribution is 6.32. The van der Waals surface area contributed by atoms with Crippen LogP contribution in [0.5, 0.6) is 0 Å². The summed E-state index contributed by atoms with van der Waals surface area (Å²) in [6.07, 6.45) is 4.08. The van der Waals surface area contributed by atoms with Crippen LogP contribution in [0.2, 0.25) is 5.02 Å². The van der Waals surface area contributed by atoms with E-state index in [0.29, 0.717) is 17.9 Å². The van der Waals surface area contributed by atoms with Gasteiger partial charge in [0.15, 0.2) is 0 Å². The van der Waals surface area contributed by atoms with Gasteiger partial charge in [0, 0.05) is 6.54 Å². The van der Waals surface area contributed by atoms with Crippen LogP contribution in [0.4, 0.5) is 5.69 Å². The summed E-state index contributed by atoms with van der Waals surface area (Å²) >= 11 is 6.12. The van der Waals surface area contributed by atoms with Crippen LogP contribution in [0.25, 0.3) is 5.69 Å². The molecule has 1 aromatic heterocycles. The van der Waals surface area contributed by atoms with Gasteiger partial charge in [0.05, 0.1) is 23.2 Å². The smallest absolute Gasteiger partial charge is 0.292 e. The van der Waals surface area contributed by atoms with Gasteiger partial charge in [0.1, 0.15) is 5.02 Å². The molecule has 1 aliphatic carbocycles. The first-order valence-electron chi connectivity index (χ1n) is 6.89. The van der Waals surface area contributed by atoms with Crippen molar-refractivity contribution in [3.05, 3.63) is 51.9 Å². The van der Waals surface area contributed by atoms with E-state index in [0.717, 1.165) is 19.3 Å². The zero-order valence-electron chi connectivity index (χ0n) is 11.4. The Labute approximate surface area is 127 Å². The predicted octanol–water partition coefficient (Wildman–Crippen LogP) is 2.21. The van der Waals surface area contributed by atoms with Crippen LogP contribution in [0.3, 0.4) is 0 Å². The van der Waals surface area contributed by atoms with Gasteiger partial charge >= 0.3 is 0 Å². The van der Waals surface area contributed by atoms with E-state index < -0.39 is 5.60 Å². The van der Waals surface area contributed by atoms with Crippen molar-refractivity contribution in [2.24, 2.45) is 0 Å². The van der Waals surface area contributed by atoms with Gasteiger partial charge in [-0.3, -0.25) is 4.79 Å². The Kier molecular flexibility index (Phi) is 3.69. The quantitative estimate of drug-likeness (QED) is 0.909. The number of anilines is 1. The first-order chi connectivity index (χ1) is 10.1. The van der Waals surface area contributed by atoms with Gasteiger partial charge in [-0.15, -0.1) is 0 Å². The van der Waals surface area contributed by atoms with Gasteiger partial charge in [-0.1, -0.05) is 29.8 Å². The van der Waals surface area contributed by atoms with Gasteiger partial charge < -0.3 is 10.4 Å².